The Morgan fingerprint density at radius 1 is 1.50 bits per heavy atom. The van der Waals surface area contributed by atoms with Crippen LogP contribution in [0.4, 0.5) is 11.4 Å². The number of anilines is 1. The molecule has 1 fully saturated rings. The van der Waals surface area contributed by atoms with Crippen molar-refractivity contribution in [3.8, 4) is 0 Å². The van der Waals surface area contributed by atoms with E-state index in [1.807, 2.05) is 0 Å². The third-order valence-electron chi connectivity index (χ3n) is 3.81. The molecule has 0 saturated carbocycles. The molecule has 1 aliphatic rings. The molecule has 20 heavy (non-hydrogen) atoms. The fourth-order valence-corrected chi connectivity index (χ4v) is 2.74. The summed E-state index contributed by atoms with van der Waals surface area (Å²) in [6.07, 6.45) is 1.93. The van der Waals surface area contributed by atoms with Crippen LogP contribution in [0, 0.1) is 16.0 Å². The predicted molar refractivity (Wildman–Crippen MR) is 76.4 cm³/mol. The Bertz CT molecular complexity index is 542. The van der Waals surface area contributed by atoms with E-state index < -0.39 is 4.92 Å². The maximum Gasteiger partial charge on any atom is 0.270 e. The fourth-order valence-electron chi connectivity index (χ4n) is 2.74. The number of rotatable bonds is 3. The van der Waals surface area contributed by atoms with Gasteiger partial charge in [-0.25, -0.2) is 0 Å². The first-order valence-corrected chi connectivity index (χ1v) is 6.76. The number of amides is 1. The number of carbonyl (C=O) groups excluding carboxylic acids is 1. The zero-order valence-electron chi connectivity index (χ0n) is 11.7. The summed E-state index contributed by atoms with van der Waals surface area (Å²) in [5.74, 6) is 0.156. The Kier molecular flexibility index (Phi) is 3.92. The van der Waals surface area contributed by atoms with E-state index in [4.69, 9.17) is 5.73 Å². The lowest BCUT2D eigenvalue weighted by molar-refractivity contribution is -0.384. The molecule has 1 amide bonds. The number of nitrogens with zero attached hydrogens (tertiary/aromatic N) is 2. The van der Waals surface area contributed by atoms with Crippen LogP contribution in [-0.4, -0.2) is 28.3 Å². The molecule has 1 aromatic carbocycles. The van der Waals surface area contributed by atoms with E-state index in [0.29, 0.717) is 12.5 Å². The third kappa shape index (κ3) is 2.59. The van der Waals surface area contributed by atoms with E-state index in [2.05, 4.69) is 13.8 Å². The van der Waals surface area contributed by atoms with Gasteiger partial charge < -0.3 is 10.6 Å². The Balaban J connectivity index is 2.33. The van der Waals surface area contributed by atoms with Crippen LogP contribution in [-0.2, 0) is 0 Å². The number of non-ortho nitro benzene ring substituents is 1. The zero-order chi connectivity index (χ0) is 14.9. The van der Waals surface area contributed by atoms with Gasteiger partial charge in [0.1, 0.15) is 0 Å². The smallest absolute Gasteiger partial charge is 0.270 e. The topological polar surface area (TPSA) is 89.5 Å². The summed E-state index contributed by atoms with van der Waals surface area (Å²) >= 11 is 0. The van der Waals surface area contributed by atoms with Crippen LogP contribution >= 0.6 is 0 Å². The summed E-state index contributed by atoms with van der Waals surface area (Å²) in [6, 6.07) is 4.19. The molecule has 2 rings (SSSR count). The molecule has 1 unspecified atom stereocenters. The van der Waals surface area contributed by atoms with E-state index in [1.54, 1.807) is 4.90 Å². The third-order valence-corrected chi connectivity index (χ3v) is 3.81. The standard InChI is InChI=1S/C14H19N3O3/c1-9(2)13-4-3-7-16(13)14(18)11-8-10(17(19)20)5-6-12(11)15/h5-6,8-9,13H,3-4,7,15H2,1-2H3. The number of hydrogen-bond donors (Lipinski definition) is 1. The molecule has 6 nitrogen and oxygen atoms in total. The van der Waals surface area contributed by atoms with Gasteiger partial charge in [0.25, 0.3) is 11.6 Å². The maximum atomic E-state index is 12.6. The van der Waals surface area contributed by atoms with Crippen molar-refractivity contribution in [2.75, 3.05) is 12.3 Å². The first-order valence-electron chi connectivity index (χ1n) is 6.76. The normalized spacial score (nSPS) is 18.6. The molecule has 1 aromatic rings. The van der Waals surface area contributed by atoms with Crippen molar-refractivity contribution in [2.24, 2.45) is 5.92 Å². The van der Waals surface area contributed by atoms with E-state index in [0.717, 1.165) is 12.8 Å². The number of nitrogen functional groups attached to an aromatic ring is 1. The van der Waals surface area contributed by atoms with Gasteiger partial charge >= 0.3 is 0 Å². The minimum Gasteiger partial charge on any atom is -0.398 e. The van der Waals surface area contributed by atoms with Crippen LogP contribution in [0.15, 0.2) is 18.2 Å². The molecule has 108 valence electrons. The van der Waals surface area contributed by atoms with Gasteiger partial charge in [0.15, 0.2) is 0 Å². The second-order valence-corrected chi connectivity index (χ2v) is 5.48. The quantitative estimate of drug-likeness (QED) is 0.522. The monoisotopic (exact) mass is 277 g/mol. The van der Waals surface area contributed by atoms with E-state index in [-0.39, 0.29) is 28.9 Å². The second-order valence-electron chi connectivity index (χ2n) is 5.48. The highest BCUT2D eigenvalue weighted by atomic mass is 16.6. The van der Waals surface area contributed by atoms with Gasteiger partial charge in [0.05, 0.1) is 10.5 Å². The Morgan fingerprint density at radius 2 is 2.20 bits per heavy atom. The molecule has 6 heteroatoms. The van der Waals surface area contributed by atoms with Gasteiger partial charge in [0.2, 0.25) is 0 Å². The van der Waals surface area contributed by atoms with Crippen LogP contribution in [0.2, 0.25) is 0 Å². The summed E-state index contributed by atoms with van der Waals surface area (Å²) in [5, 5.41) is 10.8. The first-order chi connectivity index (χ1) is 9.41. The van der Waals surface area contributed by atoms with Crippen LogP contribution in [0.1, 0.15) is 37.0 Å². The molecule has 0 radical (unpaired) electrons. The minimum absolute atomic E-state index is 0.108. The van der Waals surface area contributed by atoms with Gasteiger partial charge in [0, 0.05) is 30.4 Å². The Hall–Kier alpha value is -2.11. The van der Waals surface area contributed by atoms with Gasteiger partial charge in [-0.1, -0.05) is 13.8 Å². The maximum absolute atomic E-state index is 12.6. The largest absolute Gasteiger partial charge is 0.398 e. The van der Waals surface area contributed by atoms with Crippen molar-refractivity contribution in [2.45, 2.75) is 32.7 Å². The molecule has 2 N–H and O–H groups in total. The van der Waals surface area contributed by atoms with Crippen molar-refractivity contribution in [1.29, 1.82) is 0 Å². The molecule has 0 bridgehead atoms. The average Bonchev–Trinajstić information content (AvgIpc) is 2.87. The number of benzene rings is 1. The molecule has 1 heterocycles. The SMILES string of the molecule is CC(C)C1CCCN1C(=O)c1cc([N+](=O)[O-])ccc1N. The number of likely N-dealkylation sites (tertiary alicyclic amines) is 1. The number of carbonyl (C=O) groups is 1. The van der Waals surface area contributed by atoms with Crippen LogP contribution in [0.3, 0.4) is 0 Å². The molecule has 0 aliphatic carbocycles. The van der Waals surface area contributed by atoms with Crippen LogP contribution in [0.5, 0.6) is 0 Å². The lowest BCUT2D eigenvalue weighted by atomic mass is 10.0. The van der Waals surface area contributed by atoms with Crippen LogP contribution in [0.25, 0.3) is 0 Å². The van der Waals surface area contributed by atoms with Crippen molar-refractivity contribution in [1.82, 2.24) is 4.90 Å². The van der Waals surface area contributed by atoms with Crippen molar-refractivity contribution in [3.63, 3.8) is 0 Å². The minimum atomic E-state index is -0.514. The lowest BCUT2D eigenvalue weighted by Gasteiger charge is -2.28. The number of nitro benzene ring substituents is 1. The second kappa shape index (κ2) is 5.48. The highest BCUT2D eigenvalue weighted by Gasteiger charge is 2.32. The molecule has 0 aromatic heterocycles. The zero-order valence-corrected chi connectivity index (χ0v) is 11.7. The summed E-state index contributed by atoms with van der Waals surface area (Å²) in [6.45, 7) is 4.84. The first kappa shape index (κ1) is 14.3. The van der Waals surface area contributed by atoms with Crippen molar-refractivity contribution in [3.05, 3.63) is 33.9 Å². The van der Waals surface area contributed by atoms with Crippen molar-refractivity contribution >= 4 is 17.3 Å². The molecular formula is C14H19N3O3. The molecular weight excluding hydrogens is 258 g/mol. The number of hydrogen-bond acceptors (Lipinski definition) is 4. The predicted octanol–water partition coefficient (Wildman–Crippen LogP) is 2.44. The average molecular weight is 277 g/mol. The molecule has 1 atom stereocenters. The van der Waals surface area contributed by atoms with E-state index >= 15 is 0 Å². The van der Waals surface area contributed by atoms with E-state index in [9.17, 15) is 14.9 Å². The van der Waals surface area contributed by atoms with Gasteiger partial charge in [-0.15, -0.1) is 0 Å². The van der Waals surface area contributed by atoms with Crippen molar-refractivity contribution < 1.29 is 9.72 Å². The van der Waals surface area contributed by atoms with Crippen LogP contribution < -0.4 is 5.73 Å². The highest BCUT2D eigenvalue weighted by molar-refractivity contribution is 6.00. The summed E-state index contributed by atoms with van der Waals surface area (Å²) in [4.78, 5) is 24.7. The molecule has 1 saturated heterocycles. The Labute approximate surface area is 117 Å². The van der Waals surface area contributed by atoms with E-state index in [1.165, 1.54) is 18.2 Å². The van der Waals surface area contributed by atoms with Gasteiger partial charge in [-0.2, -0.15) is 0 Å². The van der Waals surface area contributed by atoms with Gasteiger partial charge in [-0.05, 0) is 24.8 Å². The lowest BCUT2D eigenvalue weighted by Crippen LogP contribution is -2.38. The number of nitrogens with two attached hydrogens (primary N) is 1. The van der Waals surface area contributed by atoms with Gasteiger partial charge in [-0.3, -0.25) is 14.9 Å². The fraction of sp³-hybridized carbons (Fsp3) is 0.500. The number of nitro groups is 1. The highest BCUT2D eigenvalue weighted by Crippen LogP contribution is 2.28. The Morgan fingerprint density at radius 3 is 2.80 bits per heavy atom. The summed E-state index contributed by atoms with van der Waals surface area (Å²) in [7, 11) is 0. The summed E-state index contributed by atoms with van der Waals surface area (Å²) < 4.78 is 0. The molecule has 0 spiro atoms. The molecule has 1 aliphatic heterocycles. The summed E-state index contributed by atoms with van der Waals surface area (Å²) in [5.41, 5.74) is 6.22.